The summed E-state index contributed by atoms with van der Waals surface area (Å²) in [6.07, 6.45) is 1.94. The van der Waals surface area contributed by atoms with Gasteiger partial charge in [0, 0.05) is 22.5 Å². The normalized spacial score (nSPS) is 10.8. The first-order valence-corrected chi connectivity index (χ1v) is 7.48. The third kappa shape index (κ3) is 3.15. The lowest BCUT2D eigenvalue weighted by atomic mass is 10.1. The molecular weight excluding hydrogens is 298 g/mol. The number of furan rings is 1. The van der Waals surface area contributed by atoms with E-state index in [1.165, 1.54) is 0 Å². The van der Waals surface area contributed by atoms with Crippen LogP contribution in [0.15, 0.2) is 53.1 Å². The Labute approximate surface area is 133 Å². The summed E-state index contributed by atoms with van der Waals surface area (Å²) in [5, 5.41) is 4.55. The van der Waals surface area contributed by atoms with E-state index in [0.29, 0.717) is 18.0 Å². The minimum Gasteiger partial charge on any atom is -0.464 e. The average molecular weight is 314 g/mol. The van der Waals surface area contributed by atoms with Crippen LogP contribution < -0.4 is 5.32 Å². The predicted octanol–water partition coefficient (Wildman–Crippen LogP) is 4.25. The number of aryl methyl sites for hydroxylation is 1. The number of halogens is 1. The Morgan fingerprint density at radius 3 is 2.82 bits per heavy atom. The second-order valence-electron chi connectivity index (χ2n) is 5.31. The zero-order chi connectivity index (χ0) is 15.5. The minimum atomic E-state index is -0.0517. The monoisotopic (exact) mass is 313 g/mol. The molecule has 0 aliphatic heterocycles. The van der Waals surface area contributed by atoms with Crippen LogP contribution >= 0.6 is 11.6 Å². The molecule has 3 rings (SSSR count). The largest absolute Gasteiger partial charge is 0.464 e. The van der Waals surface area contributed by atoms with Gasteiger partial charge < -0.3 is 9.73 Å². The van der Waals surface area contributed by atoms with Crippen LogP contribution in [0.4, 0.5) is 0 Å². The highest BCUT2D eigenvalue weighted by molar-refractivity contribution is 6.31. The van der Waals surface area contributed by atoms with Gasteiger partial charge in [-0.1, -0.05) is 41.4 Å². The number of rotatable bonds is 4. The smallest absolute Gasteiger partial charge is 0.224 e. The maximum absolute atomic E-state index is 12.1. The molecule has 0 unspecified atom stereocenters. The van der Waals surface area contributed by atoms with Crippen molar-refractivity contribution in [2.24, 2.45) is 0 Å². The number of hydrogen-bond acceptors (Lipinski definition) is 2. The Morgan fingerprint density at radius 1 is 1.18 bits per heavy atom. The highest BCUT2D eigenvalue weighted by atomic mass is 35.5. The maximum Gasteiger partial charge on any atom is 0.224 e. The van der Waals surface area contributed by atoms with Crippen LogP contribution in [-0.2, 0) is 17.8 Å². The van der Waals surface area contributed by atoms with Crippen LogP contribution in [0.2, 0.25) is 5.02 Å². The molecule has 22 heavy (non-hydrogen) atoms. The van der Waals surface area contributed by atoms with Gasteiger partial charge >= 0.3 is 0 Å². The summed E-state index contributed by atoms with van der Waals surface area (Å²) in [5.41, 5.74) is 3.76. The molecular formula is C18H16ClNO2. The van der Waals surface area contributed by atoms with Gasteiger partial charge in [0.2, 0.25) is 5.91 Å². The Morgan fingerprint density at radius 2 is 2.00 bits per heavy atom. The Balaban J connectivity index is 1.68. The lowest BCUT2D eigenvalue weighted by molar-refractivity contribution is -0.120. The second kappa shape index (κ2) is 6.24. The fraction of sp³-hybridized carbons (Fsp3) is 0.167. The fourth-order valence-electron chi connectivity index (χ4n) is 2.40. The van der Waals surface area contributed by atoms with E-state index in [2.05, 4.69) is 5.32 Å². The number of carbonyl (C=O) groups is 1. The van der Waals surface area contributed by atoms with E-state index in [1.54, 1.807) is 6.26 Å². The van der Waals surface area contributed by atoms with Crippen molar-refractivity contribution in [3.8, 4) is 0 Å². The lowest BCUT2D eigenvalue weighted by Crippen LogP contribution is -2.24. The van der Waals surface area contributed by atoms with Crippen molar-refractivity contribution in [1.82, 2.24) is 5.32 Å². The van der Waals surface area contributed by atoms with Crippen LogP contribution in [0.25, 0.3) is 11.0 Å². The lowest BCUT2D eigenvalue weighted by Gasteiger charge is -2.06. The first-order valence-electron chi connectivity index (χ1n) is 7.10. The van der Waals surface area contributed by atoms with Crippen molar-refractivity contribution in [1.29, 1.82) is 0 Å². The summed E-state index contributed by atoms with van der Waals surface area (Å²) < 4.78 is 5.49. The van der Waals surface area contributed by atoms with E-state index in [-0.39, 0.29) is 5.91 Å². The van der Waals surface area contributed by atoms with E-state index in [9.17, 15) is 4.79 Å². The summed E-state index contributed by atoms with van der Waals surface area (Å²) in [5.74, 6) is -0.0517. The Kier molecular flexibility index (Phi) is 4.16. The molecule has 0 saturated carbocycles. The molecule has 3 aromatic rings. The van der Waals surface area contributed by atoms with Gasteiger partial charge in [-0.05, 0) is 30.7 Å². The minimum absolute atomic E-state index is 0.0517. The van der Waals surface area contributed by atoms with Crippen LogP contribution in [0, 0.1) is 6.92 Å². The maximum atomic E-state index is 12.1. The SMILES string of the molecule is Cc1ccc2occ(CC(=O)NCc3ccccc3Cl)c2c1. The molecule has 1 aromatic heterocycles. The molecule has 1 N–H and O–H groups in total. The number of benzene rings is 2. The van der Waals surface area contributed by atoms with Crippen molar-refractivity contribution >= 4 is 28.5 Å². The van der Waals surface area contributed by atoms with Crippen molar-refractivity contribution in [3.63, 3.8) is 0 Å². The molecule has 0 spiro atoms. The summed E-state index contributed by atoms with van der Waals surface area (Å²) >= 11 is 6.08. The van der Waals surface area contributed by atoms with E-state index < -0.39 is 0 Å². The Hall–Kier alpha value is -2.26. The second-order valence-corrected chi connectivity index (χ2v) is 5.71. The van der Waals surface area contributed by atoms with Crippen LogP contribution in [0.3, 0.4) is 0 Å². The first kappa shape index (κ1) is 14.7. The van der Waals surface area contributed by atoms with Gasteiger partial charge in [-0.2, -0.15) is 0 Å². The van der Waals surface area contributed by atoms with Crippen molar-refractivity contribution in [3.05, 3.63) is 70.4 Å². The van der Waals surface area contributed by atoms with Crippen molar-refractivity contribution in [2.75, 3.05) is 0 Å². The summed E-state index contributed by atoms with van der Waals surface area (Å²) in [4.78, 5) is 12.1. The quantitative estimate of drug-likeness (QED) is 0.782. The molecule has 4 heteroatoms. The molecule has 0 saturated heterocycles. The highest BCUT2D eigenvalue weighted by Crippen LogP contribution is 2.23. The number of hydrogen-bond donors (Lipinski definition) is 1. The fourth-order valence-corrected chi connectivity index (χ4v) is 2.61. The molecule has 0 aliphatic carbocycles. The van der Waals surface area contributed by atoms with Crippen LogP contribution in [0.5, 0.6) is 0 Å². The molecule has 1 heterocycles. The van der Waals surface area contributed by atoms with Gasteiger partial charge in [0.25, 0.3) is 0 Å². The molecule has 3 nitrogen and oxygen atoms in total. The van der Waals surface area contributed by atoms with E-state index in [4.69, 9.17) is 16.0 Å². The predicted molar refractivity (Wildman–Crippen MR) is 88.0 cm³/mol. The standard InChI is InChI=1S/C18H16ClNO2/c1-12-6-7-17-15(8-12)14(11-22-17)9-18(21)20-10-13-4-2-3-5-16(13)19/h2-8,11H,9-10H2,1H3,(H,20,21). The van der Waals surface area contributed by atoms with Gasteiger partial charge in [-0.15, -0.1) is 0 Å². The van der Waals surface area contributed by atoms with E-state index in [1.807, 2.05) is 49.4 Å². The number of nitrogens with one attached hydrogen (secondary N) is 1. The first-order chi connectivity index (χ1) is 10.6. The third-order valence-electron chi connectivity index (χ3n) is 3.59. The van der Waals surface area contributed by atoms with Crippen LogP contribution in [0.1, 0.15) is 16.7 Å². The zero-order valence-electron chi connectivity index (χ0n) is 12.2. The topological polar surface area (TPSA) is 42.2 Å². The Bertz CT molecular complexity index is 823. The highest BCUT2D eigenvalue weighted by Gasteiger charge is 2.11. The van der Waals surface area contributed by atoms with Gasteiger partial charge in [0.1, 0.15) is 5.58 Å². The number of fused-ring (bicyclic) bond motifs is 1. The summed E-state index contributed by atoms with van der Waals surface area (Å²) in [6, 6.07) is 13.4. The number of carbonyl (C=O) groups excluding carboxylic acids is 1. The van der Waals surface area contributed by atoms with Crippen molar-refractivity contribution in [2.45, 2.75) is 19.9 Å². The zero-order valence-corrected chi connectivity index (χ0v) is 13.0. The van der Waals surface area contributed by atoms with Gasteiger partial charge in [0.05, 0.1) is 12.7 Å². The summed E-state index contributed by atoms with van der Waals surface area (Å²) in [7, 11) is 0. The number of amides is 1. The molecule has 2 aromatic carbocycles. The molecule has 0 atom stereocenters. The molecule has 0 fully saturated rings. The molecule has 0 aliphatic rings. The molecule has 1 amide bonds. The van der Waals surface area contributed by atoms with Crippen LogP contribution in [-0.4, -0.2) is 5.91 Å². The summed E-state index contributed by atoms with van der Waals surface area (Å²) in [6.45, 7) is 2.45. The third-order valence-corrected chi connectivity index (χ3v) is 3.96. The van der Waals surface area contributed by atoms with Gasteiger partial charge in [0.15, 0.2) is 0 Å². The molecule has 0 bridgehead atoms. The van der Waals surface area contributed by atoms with Gasteiger partial charge in [-0.25, -0.2) is 0 Å². The van der Waals surface area contributed by atoms with Gasteiger partial charge in [-0.3, -0.25) is 4.79 Å². The molecule has 0 radical (unpaired) electrons. The van der Waals surface area contributed by atoms with Crippen molar-refractivity contribution < 1.29 is 9.21 Å². The van der Waals surface area contributed by atoms with E-state index in [0.717, 1.165) is 27.7 Å². The average Bonchev–Trinajstić information content (AvgIpc) is 2.89. The molecule has 112 valence electrons. The van der Waals surface area contributed by atoms with E-state index >= 15 is 0 Å².